The number of sulfonamides is 1. The lowest BCUT2D eigenvalue weighted by atomic mass is 10.9. The highest BCUT2D eigenvalue weighted by atomic mass is 35.5. The molecular formula is C6H11ClN2O5S. The molecule has 0 amide bonds. The Balaban J connectivity index is 4.52. The van der Waals surface area contributed by atoms with Crippen molar-refractivity contribution in [2.75, 3.05) is 20.7 Å². The third-order valence-electron chi connectivity index (χ3n) is 1.15. The molecule has 15 heavy (non-hydrogen) atoms. The first-order chi connectivity index (χ1) is 6.82. The summed E-state index contributed by atoms with van der Waals surface area (Å²) in [5, 5.41) is 2.91. The van der Waals surface area contributed by atoms with Crippen molar-refractivity contribution in [2.24, 2.45) is 5.16 Å². The summed E-state index contributed by atoms with van der Waals surface area (Å²) in [7, 11) is -1.35. The molecule has 0 aliphatic heterocycles. The maximum Gasteiger partial charge on any atom is 0.535 e. The number of ether oxygens (including phenoxy) is 1. The zero-order valence-electron chi connectivity index (χ0n) is 8.43. The highest BCUT2D eigenvalue weighted by molar-refractivity contribution is 8.07. The van der Waals surface area contributed by atoms with Gasteiger partial charge in [-0.3, -0.25) is 4.84 Å². The topological polar surface area (TPSA) is 85.3 Å². The molecule has 9 heteroatoms. The molecule has 0 spiro atoms. The average Bonchev–Trinajstić information content (AvgIpc) is 2.14. The number of hydrogen-bond acceptors (Lipinski definition) is 6. The van der Waals surface area contributed by atoms with E-state index >= 15 is 0 Å². The van der Waals surface area contributed by atoms with Crippen LogP contribution in [0.25, 0.3) is 0 Å². The summed E-state index contributed by atoms with van der Waals surface area (Å²) in [5.74, 6) is 0. The number of rotatable bonds is 3. The van der Waals surface area contributed by atoms with Gasteiger partial charge in [0.1, 0.15) is 0 Å². The molecule has 0 N–H and O–H groups in total. The van der Waals surface area contributed by atoms with Gasteiger partial charge in [0.15, 0.2) is 0 Å². The number of nitrogens with zero attached hydrogens (tertiary/aromatic N) is 2. The van der Waals surface area contributed by atoms with Crippen molar-refractivity contribution in [1.82, 2.24) is 4.31 Å². The molecule has 0 bridgehead atoms. The van der Waals surface area contributed by atoms with Crippen LogP contribution < -0.4 is 0 Å². The Labute approximate surface area is 92.6 Å². The first-order valence-corrected chi connectivity index (χ1v) is 5.64. The molecule has 0 fully saturated rings. The normalized spacial score (nSPS) is 12.7. The molecule has 0 saturated heterocycles. The Morgan fingerprint density at radius 1 is 1.47 bits per heavy atom. The predicted molar refractivity (Wildman–Crippen MR) is 54.0 cm³/mol. The molecule has 0 unspecified atom stereocenters. The zero-order chi connectivity index (χ0) is 12.1. The van der Waals surface area contributed by atoms with E-state index in [1.54, 1.807) is 6.92 Å². The summed E-state index contributed by atoms with van der Waals surface area (Å²) in [4.78, 5) is 14.7. The van der Waals surface area contributed by atoms with Crippen molar-refractivity contribution < 1.29 is 22.8 Å². The van der Waals surface area contributed by atoms with Crippen LogP contribution in [0.2, 0.25) is 0 Å². The van der Waals surface area contributed by atoms with E-state index in [1.165, 1.54) is 14.1 Å². The minimum atomic E-state index is -3.87. The number of halogens is 1. The molecule has 0 atom stereocenters. The van der Waals surface area contributed by atoms with Crippen molar-refractivity contribution in [2.45, 2.75) is 6.92 Å². The highest BCUT2D eigenvalue weighted by Gasteiger charge is 2.21. The molecule has 0 aromatic carbocycles. The number of carbonyl (C=O) groups is 1. The summed E-state index contributed by atoms with van der Waals surface area (Å²) in [6.45, 7) is 1.65. The summed E-state index contributed by atoms with van der Waals surface area (Å²) >= 11 is 5.30. The lowest BCUT2D eigenvalue weighted by molar-refractivity contribution is 0.0618. The Kier molecular flexibility index (Phi) is 5.55. The van der Waals surface area contributed by atoms with Gasteiger partial charge in [-0.05, 0) is 23.7 Å². The van der Waals surface area contributed by atoms with E-state index in [4.69, 9.17) is 11.6 Å². The largest absolute Gasteiger partial charge is 0.535 e. The molecule has 0 aromatic heterocycles. The third kappa shape index (κ3) is 4.45. The average molecular weight is 259 g/mol. The van der Waals surface area contributed by atoms with Crippen LogP contribution in [0, 0.1) is 0 Å². The number of oxime groups is 1. The van der Waals surface area contributed by atoms with Crippen molar-refractivity contribution in [3.8, 4) is 0 Å². The van der Waals surface area contributed by atoms with Crippen LogP contribution in [-0.2, 0) is 19.6 Å². The molecule has 0 aromatic rings. The number of hydrogen-bond donors (Lipinski definition) is 0. The Hall–Kier alpha value is -0.860. The fourth-order valence-electron chi connectivity index (χ4n) is 0.415. The second kappa shape index (κ2) is 5.89. The second-order valence-corrected chi connectivity index (χ2v) is 5.06. The fourth-order valence-corrected chi connectivity index (χ4v) is 1.30. The van der Waals surface area contributed by atoms with Gasteiger partial charge in [0.05, 0.1) is 6.61 Å². The highest BCUT2D eigenvalue weighted by Crippen LogP contribution is 2.03. The van der Waals surface area contributed by atoms with Gasteiger partial charge >= 0.3 is 6.16 Å². The smallest absolute Gasteiger partial charge is 0.433 e. The van der Waals surface area contributed by atoms with Gasteiger partial charge in [0, 0.05) is 14.1 Å². The van der Waals surface area contributed by atoms with Crippen molar-refractivity contribution in [3.63, 3.8) is 0 Å². The molecule has 0 aliphatic rings. The fraction of sp³-hybridized carbons (Fsp3) is 0.667. The minimum absolute atomic E-state index is 0.0897. The molecule has 0 rings (SSSR count). The maximum absolute atomic E-state index is 11.2. The van der Waals surface area contributed by atoms with Gasteiger partial charge in [-0.15, -0.1) is 0 Å². The quantitative estimate of drug-likeness (QED) is 0.243. The van der Waals surface area contributed by atoms with E-state index in [9.17, 15) is 13.2 Å². The SMILES string of the molecule is CCOC(=O)O/N=C(\Cl)S(=O)(=O)N(C)C. The predicted octanol–water partition coefficient (Wildman–Crippen LogP) is 0.561. The van der Waals surface area contributed by atoms with Gasteiger partial charge < -0.3 is 4.74 Å². The summed E-state index contributed by atoms with van der Waals surface area (Å²) in [6.07, 6.45) is -1.12. The van der Waals surface area contributed by atoms with Crippen LogP contribution in [0.5, 0.6) is 0 Å². The molecule has 7 nitrogen and oxygen atoms in total. The van der Waals surface area contributed by atoms with Crippen LogP contribution in [0.3, 0.4) is 0 Å². The first-order valence-electron chi connectivity index (χ1n) is 3.82. The maximum atomic E-state index is 11.2. The Morgan fingerprint density at radius 3 is 2.40 bits per heavy atom. The van der Waals surface area contributed by atoms with Crippen molar-refractivity contribution in [1.29, 1.82) is 0 Å². The molecule has 0 aliphatic carbocycles. The van der Waals surface area contributed by atoms with Crippen LogP contribution in [0.1, 0.15) is 6.92 Å². The van der Waals surface area contributed by atoms with Crippen molar-refractivity contribution >= 4 is 32.3 Å². The summed E-state index contributed by atoms with van der Waals surface area (Å²) in [5.41, 5.74) is 0. The molecule has 0 radical (unpaired) electrons. The third-order valence-corrected chi connectivity index (χ3v) is 3.26. The standard InChI is InChI=1S/C6H11ClN2O5S/c1-4-13-6(10)14-8-5(7)15(11,12)9(2)3/h4H2,1-3H3/b8-5+. The number of carbonyl (C=O) groups excluding carboxylic acids is 1. The molecule has 0 heterocycles. The van der Waals surface area contributed by atoms with Gasteiger partial charge in [-0.2, -0.15) is 0 Å². The molecule has 0 saturated carbocycles. The van der Waals surface area contributed by atoms with Crippen molar-refractivity contribution in [3.05, 3.63) is 0 Å². The van der Waals surface area contributed by atoms with E-state index in [0.29, 0.717) is 0 Å². The van der Waals surface area contributed by atoms with E-state index in [-0.39, 0.29) is 6.61 Å². The van der Waals surface area contributed by atoms with Crippen LogP contribution in [-0.4, -0.2) is 44.1 Å². The van der Waals surface area contributed by atoms with Gasteiger partial charge in [0.25, 0.3) is 14.5 Å². The first kappa shape index (κ1) is 14.1. The van der Waals surface area contributed by atoms with E-state index in [1.807, 2.05) is 0 Å². The van der Waals surface area contributed by atoms with E-state index in [2.05, 4.69) is 14.7 Å². The van der Waals surface area contributed by atoms with Gasteiger partial charge in [-0.1, -0.05) is 0 Å². The Bertz CT molecular complexity index is 351. The van der Waals surface area contributed by atoms with E-state index < -0.39 is 20.7 Å². The summed E-state index contributed by atoms with van der Waals surface area (Å²) in [6, 6.07) is 0. The Morgan fingerprint density at radius 2 is 2.00 bits per heavy atom. The van der Waals surface area contributed by atoms with Crippen LogP contribution in [0.4, 0.5) is 4.79 Å². The second-order valence-electron chi connectivity index (χ2n) is 2.41. The molecular weight excluding hydrogens is 248 g/mol. The van der Waals surface area contributed by atoms with Crippen LogP contribution in [0.15, 0.2) is 5.16 Å². The van der Waals surface area contributed by atoms with Crippen LogP contribution >= 0.6 is 11.6 Å². The van der Waals surface area contributed by atoms with E-state index in [0.717, 1.165) is 4.31 Å². The molecule has 88 valence electrons. The monoisotopic (exact) mass is 258 g/mol. The summed E-state index contributed by atoms with van der Waals surface area (Å²) < 4.78 is 26.8. The van der Waals surface area contributed by atoms with Gasteiger partial charge in [0.2, 0.25) is 0 Å². The zero-order valence-corrected chi connectivity index (χ0v) is 10.0. The lowest BCUT2D eigenvalue weighted by Gasteiger charge is -2.07. The lowest BCUT2D eigenvalue weighted by Crippen LogP contribution is -2.27. The minimum Gasteiger partial charge on any atom is -0.433 e. The van der Waals surface area contributed by atoms with Gasteiger partial charge in [-0.25, -0.2) is 17.5 Å².